The maximum Gasteiger partial charge on any atom is 0.0634 e. The summed E-state index contributed by atoms with van der Waals surface area (Å²) >= 11 is 8.56. The molecule has 0 spiro atoms. The Kier molecular flexibility index (Phi) is 2.72. The van der Waals surface area contributed by atoms with E-state index in [2.05, 4.69) is 47.6 Å². The summed E-state index contributed by atoms with van der Waals surface area (Å²) in [5, 5.41) is 0.176. The van der Waals surface area contributed by atoms with Crippen molar-refractivity contribution >= 4 is 22.9 Å². The van der Waals surface area contributed by atoms with Gasteiger partial charge in [0.15, 0.2) is 0 Å². The fraction of sp³-hybridized carbons (Fsp3) is 0.714. The summed E-state index contributed by atoms with van der Waals surface area (Å²) in [6.45, 7) is 13.7. The van der Waals surface area contributed by atoms with E-state index in [1.807, 2.05) is 11.3 Å². The van der Waals surface area contributed by atoms with Gasteiger partial charge in [-0.25, -0.2) is 0 Å². The third kappa shape index (κ3) is 1.55. The van der Waals surface area contributed by atoms with Crippen LogP contribution < -0.4 is 0 Å². The lowest BCUT2D eigenvalue weighted by Gasteiger charge is -2.11. The Balaban J connectivity index is 2.29. The second-order valence-electron chi connectivity index (χ2n) is 6.19. The second-order valence-corrected chi connectivity index (χ2v) is 8.12. The van der Waals surface area contributed by atoms with E-state index in [0.717, 1.165) is 0 Å². The van der Waals surface area contributed by atoms with E-state index in [1.165, 1.54) is 15.3 Å². The van der Waals surface area contributed by atoms with Crippen molar-refractivity contribution in [2.75, 3.05) is 0 Å². The predicted molar refractivity (Wildman–Crippen MR) is 73.4 cm³/mol. The zero-order valence-corrected chi connectivity index (χ0v) is 12.6. The summed E-state index contributed by atoms with van der Waals surface area (Å²) in [5.41, 5.74) is 2.08. The van der Waals surface area contributed by atoms with Crippen LogP contribution in [0.5, 0.6) is 0 Å². The molecule has 1 aliphatic carbocycles. The van der Waals surface area contributed by atoms with Crippen LogP contribution in [0.15, 0.2) is 6.07 Å². The van der Waals surface area contributed by atoms with Gasteiger partial charge in [0.05, 0.1) is 5.38 Å². The molecule has 1 aliphatic rings. The molecular weight excluding hydrogens is 236 g/mol. The summed E-state index contributed by atoms with van der Waals surface area (Å²) in [5.74, 6) is 0.592. The fourth-order valence-corrected chi connectivity index (χ4v) is 4.98. The molecule has 0 nitrogen and oxygen atoms in total. The lowest BCUT2D eigenvalue weighted by molar-refractivity contribution is 0.457. The van der Waals surface area contributed by atoms with Crippen LogP contribution in [0, 0.1) is 30.6 Å². The molecule has 16 heavy (non-hydrogen) atoms. The van der Waals surface area contributed by atoms with E-state index in [-0.39, 0.29) is 5.38 Å². The zero-order valence-electron chi connectivity index (χ0n) is 11.0. The molecule has 1 aromatic rings. The van der Waals surface area contributed by atoms with Crippen molar-refractivity contribution in [1.82, 2.24) is 0 Å². The molecule has 90 valence electrons. The monoisotopic (exact) mass is 256 g/mol. The zero-order chi connectivity index (χ0) is 12.3. The molecule has 0 radical (unpaired) electrons. The minimum Gasteiger partial charge on any atom is -0.146 e. The highest BCUT2D eigenvalue weighted by molar-refractivity contribution is 7.12. The molecule has 1 heterocycles. The first-order valence-electron chi connectivity index (χ1n) is 5.90. The first-order valence-corrected chi connectivity index (χ1v) is 7.16. The molecule has 0 aromatic carbocycles. The number of hydrogen-bond acceptors (Lipinski definition) is 1. The number of thiophene rings is 1. The second kappa shape index (κ2) is 3.49. The maximum atomic E-state index is 6.70. The lowest BCUT2D eigenvalue weighted by Crippen LogP contribution is -1.99. The van der Waals surface area contributed by atoms with Crippen LogP contribution in [-0.2, 0) is 0 Å². The third-order valence-corrected chi connectivity index (χ3v) is 6.27. The Labute approximate surface area is 108 Å². The molecule has 0 aliphatic heterocycles. The minimum absolute atomic E-state index is 0.176. The van der Waals surface area contributed by atoms with Gasteiger partial charge in [0.25, 0.3) is 0 Å². The van der Waals surface area contributed by atoms with Gasteiger partial charge in [-0.3, -0.25) is 0 Å². The molecule has 2 rings (SSSR count). The van der Waals surface area contributed by atoms with Crippen LogP contribution in [0.3, 0.4) is 0 Å². The summed E-state index contributed by atoms with van der Waals surface area (Å²) in [4.78, 5) is 2.76. The van der Waals surface area contributed by atoms with E-state index >= 15 is 0 Å². The summed E-state index contributed by atoms with van der Waals surface area (Å²) in [7, 11) is 0. The highest BCUT2D eigenvalue weighted by Crippen LogP contribution is 2.73. The van der Waals surface area contributed by atoms with Crippen molar-refractivity contribution < 1.29 is 0 Å². The molecule has 1 saturated carbocycles. The predicted octanol–water partition coefficient (Wildman–Crippen LogP) is 5.33. The number of aryl methyl sites for hydroxylation is 2. The van der Waals surface area contributed by atoms with Gasteiger partial charge in [0, 0.05) is 9.75 Å². The van der Waals surface area contributed by atoms with E-state index in [9.17, 15) is 0 Å². The molecule has 2 heteroatoms. The number of halogens is 1. The summed E-state index contributed by atoms with van der Waals surface area (Å²) < 4.78 is 0. The largest absolute Gasteiger partial charge is 0.146 e. The molecule has 0 N–H and O–H groups in total. The van der Waals surface area contributed by atoms with Crippen LogP contribution in [0.1, 0.15) is 48.4 Å². The minimum atomic E-state index is 0.176. The van der Waals surface area contributed by atoms with Gasteiger partial charge in [-0.2, -0.15) is 0 Å². The van der Waals surface area contributed by atoms with Crippen molar-refractivity contribution in [2.45, 2.75) is 46.9 Å². The number of alkyl halides is 1. The molecule has 1 atom stereocenters. The normalized spacial score (nSPS) is 24.4. The van der Waals surface area contributed by atoms with Crippen molar-refractivity contribution in [1.29, 1.82) is 0 Å². The van der Waals surface area contributed by atoms with Gasteiger partial charge < -0.3 is 0 Å². The molecule has 0 bridgehead atoms. The van der Waals surface area contributed by atoms with E-state index in [4.69, 9.17) is 11.6 Å². The average molecular weight is 257 g/mol. The first kappa shape index (κ1) is 12.4. The van der Waals surface area contributed by atoms with Crippen LogP contribution in [0.2, 0.25) is 0 Å². The Hall–Kier alpha value is -0.0100. The van der Waals surface area contributed by atoms with E-state index < -0.39 is 0 Å². The van der Waals surface area contributed by atoms with Crippen molar-refractivity contribution in [3.63, 3.8) is 0 Å². The van der Waals surface area contributed by atoms with Crippen LogP contribution in [0.4, 0.5) is 0 Å². The van der Waals surface area contributed by atoms with Crippen molar-refractivity contribution in [3.8, 4) is 0 Å². The van der Waals surface area contributed by atoms with Crippen molar-refractivity contribution in [2.24, 2.45) is 16.7 Å². The Morgan fingerprint density at radius 3 is 2.00 bits per heavy atom. The highest BCUT2D eigenvalue weighted by Gasteiger charge is 2.67. The Morgan fingerprint density at radius 1 is 1.19 bits per heavy atom. The van der Waals surface area contributed by atoms with Gasteiger partial charge >= 0.3 is 0 Å². The summed E-state index contributed by atoms with van der Waals surface area (Å²) in [6.07, 6.45) is 0. The Bertz CT molecular complexity index is 400. The van der Waals surface area contributed by atoms with Crippen LogP contribution in [-0.4, -0.2) is 0 Å². The maximum absolute atomic E-state index is 6.70. The highest BCUT2D eigenvalue weighted by atomic mass is 35.5. The smallest absolute Gasteiger partial charge is 0.0634 e. The molecule has 0 amide bonds. The third-order valence-electron chi connectivity index (χ3n) is 4.80. The molecule has 1 fully saturated rings. The topological polar surface area (TPSA) is 0 Å². The SMILES string of the molecule is Cc1cc(C(Cl)C2C(C)(C)C2(C)C)c(C)s1. The van der Waals surface area contributed by atoms with Gasteiger partial charge in [-0.1, -0.05) is 27.7 Å². The summed E-state index contributed by atoms with van der Waals surface area (Å²) in [6, 6.07) is 2.27. The quantitative estimate of drug-likeness (QED) is 0.628. The molecule has 1 unspecified atom stereocenters. The number of hydrogen-bond donors (Lipinski definition) is 0. The fourth-order valence-electron chi connectivity index (χ4n) is 3.08. The molecule has 1 aromatic heterocycles. The molecular formula is C14H21ClS. The van der Waals surface area contributed by atoms with Crippen molar-refractivity contribution in [3.05, 3.63) is 21.4 Å². The van der Waals surface area contributed by atoms with Gasteiger partial charge in [0.1, 0.15) is 0 Å². The van der Waals surface area contributed by atoms with Gasteiger partial charge in [0.2, 0.25) is 0 Å². The first-order chi connectivity index (χ1) is 7.19. The Morgan fingerprint density at radius 2 is 1.69 bits per heavy atom. The molecule has 0 saturated heterocycles. The average Bonchev–Trinajstić information content (AvgIpc) is 2.37. The lowest BCUT2D eigenvalue weighted by atomic mass is 10.0. The standard InChI is InChI=1S/C14H21ClS/c1-8-7-10(9(2)16-8)11(15)12-13(3,4)14(12,5)6/h7,11-12H,1-6H3. The van der Waals surface area contributed by atoms with E-state index in [0.29, 0.717) is 16.7 Å². The van der Waals surface area contributed by atoms with Gasteiger partial charge in [-0.15, -0.1) is 22.9 Å². The van der Waals surface area contributed by atoms with Crippen LogP contribution in [0.25, 0.3) is 0 Å². The van der Waals surface area contributed by atoms with Gasteiger partial charge in [-0.05, 0) is 42.2 Å². The number of rotatable bonds is 2. The van der Waals surface area contributed by atoms with E-state index in [1.54, 1.807) is 0 Å². The van der Waals surface area contributed by atoms with Crippen LogP contribution >= 0.6 is 22.9 Å².